The van der Waals surface area contributed by atoms with Crippen molar-refractivity contribution < 1.29 is 0 Å². The summed E-state index contributed by atoms with van der Waals surface area (Å²) in [6, 6.07) is 3.74. The molecule has 240 valence electrons. The fourth-order valence-corrected chi connectivity index (χ4v) is 10.5. The number of piperidine rings is 5. The van der Waals surface area contributed by atoms with Gasteiger partial charge in [-0.1, -0.05) is 38.5 Å². The number of nitrogens with zero attached hydrogens (tertiary/aromatic N) is 2. The van der Waals surface area contributed by atoms with Crippen molar-refractivity contribution in [3.8, 4) is 0 Å². The van der Waals surface area contributed by atoms with Crippen LogP contribution in [0, 0.1) is 35.5 Å². The van der Waals surface area contributed by atoms with Gasteiger partial charge in [0, 0.05) is 30.7 Å². The van der Waals surface area contributed by atoms with Gasteiger partial charge in [0.25, 0.3) is 0 Å². The van der Waals surface area contributed by atoms with Gasteiger partial charge in [0.05, 0.1) is 0 Å². The minimum Gasteiger partial charge on any atom is -0.314 e. The fraction of sp³-hybridized carbons (Fsp3) is 1.00. The van der Waals surface area contributed by atoms with E-state index in [1.54, 1.807) is 38.5 Å². The normalized spacial score (nSPS) is 48.0. The zero-order valence-electron chi connectivity index (χ0n) is 27.3. The Hall–Kier alpha value is -0.200. The van der Waals surface area contributed by atoms with E-state index in [0.29, 0.717) is 0 Å². The highest BCUT2D eigenvalue weighted by atomic mass is 15.2. The van der Waals surface area contributed by atoms with Crippen LogP contribution in [-0.2, 0) is 0 Å². The first-order valence-electron chi connectivity index (χ1n) is 19.4. The SMILES string of the molecule is C1CC2CC1CN2.C1CC2CC1N2.C1CC2CCC1CC2.C1CN2CCC1C2.C1CN2CCC1CC2.C1NC2CC1C2. The quantitative estimate of drug-likeness (QED) is 0.326. The van der Waals surface area contributed by atoms with Gasteiger partial charge in [0.2, 0.25) is 0 Å². The molecular formula is C37H67N5. The van der Waals surface area contributed by atoms with Crippen LogP contribution in [0.4, 0.5) is 0 Å². The molecule has 0 aromatic heterocycles. The van der Waals surface area contributed by atoms with Gasteiger partial charge in [-0.25, -0.2) is 0 Å². The molecule has 42 heavy (non-hydrogen) atoms. The lowest BCUT2D eigenvalue weighted by Crippen LogP contribution is -2.43. The van der Waals surface area contributed by atoms with Gasteiger partial charge in [0.15, 0.2) is 0 Å². The molecule has 10 heterocycles. The second-order valence-electron chi connectivity index (χ2n) is 16.9. The van der Waals surface area contributed by atoms with Crippen molar-refractivity contribution in [2.75, 3.05) is 52.4 Å². The molecule has 10 saturated heterocycles. The summed E-state index contributed by atoms with van der Waals surface area (Å²) in [6.45, 7) is 11.0. The van der Waals surface area contributed by atoms with E-state index >= 15 is 0 Å². The van der Waals surface area contributed by atoms with Crippen LogP contribution in [0.1, 0.15) is 122 Å². The zero-order valence-corrected chi connectivity index (χ0v) is 27.3. The number of rotatable bonds is 0. The van der Waals surface area contributed by atoms with Gasteiger partial charge in [-0.15, -0.1) is 0 Å². The molecule has 0 aromatic carbocycles. The van der Waals surface area contributed by atoms with Crippen LogP contribution in [0.2, 0.25) is 0 Å². The molecule has 3 N–H and O–H groups in total. The molecule has 16 rings (SSSR count). The molecule has 6 saturated carbocycles. The highest BCUT2D eigenvalue weighted by Gasteiger charge is 2.36. The van der Waals surface area contributed by atoms with Crippen LogP contribution in [-0.4, -0.2) is 86.3 Å². The Labute approximate surface area is 259 Å². The van der Waals surface area contributed by atoms with Crippen molar-refractivity contribution in [1.82, 2.24) is 25.8 Å². The maximum absolute atomic E-state index is 3.46. The topological polar surface area (TPSA) is 42.6 Å². The van der Waals surface area contributed by atoms with Gasteiger partial charge in [0.1, 0.15) is 0 Å². The average Bonchev–Trinajstić information content (AvgIpc) is 3.89. The van der Waals surface area contributed by atoms with Crippen LogP contribution in [0.3, 0.4) is 0 Å². The summed E-state index contributed by atoms with van der Waals surface area (Å²) in [5, 5.41) is 10.3. The predicted octanol–water partition coefficient (Wildman–Crippen LogP) is 6.04. The lowest BCUT2D eigenvalue weighted by atomic mass is 9.71. The molecule has 0 amide bonds. The summed E-state index contributed by atoms with van der Waals surface area (Å²) in [5.74, 6) is 6.65. The van der Waals surface area contributed by atoms with E-state index in [-0.39, 0.29) is 0 Å². The highest BCUT2D eigenvalue weighted by molar-refractivity contribution is 4.96. The van der Waals surface area contributed by atoms with Crippen LogP contribution < -0.4 is 16.0 Å². The summed E-state index contributed by atoms with van der Waals surface area (Å²) in [4.78, 5) is 5.14. The lowest BCUT2D eigenvalue weighted by Gasteiger charge is -2.38. The van der Waals surface area contributed by atoms with Crippen molar-refractivity contribution >= 4 is 0 Å². The van der Waals surface area contributed by atoms with Crippen LogP contribution >= 0.6 is 0 Å². The number of hydrogen-bond donors (Lipinski definition) is 3. The molecule has 16 fully saturated rings. The van der Waals surface area contributed by atoms with E-state index in [9.17, 15) is 0 Å². The first-order valence-corrected chi connectivity index (χ1v) is 19.4. The third-order valence-electron chi connectivity index (χ3n) is 13.8. The molecule has 5 nitrogen and oxygen atoms in total. The molecule has 0 radical (unpaired) electrons. The molecule has 16 aliphatic rings. The van der Waals surface area contributed by atoms with Crippen LogP contribution in [0.5, 0.6) is 0 Å². The Kier molecular flexibility index (Phi) is 10.8. The Morgan fingerprint density at radius 1 is 0.333 bits per heavy atom. The molecule has 0 spiro atoms. The third-order valence-corrected chi connectivity index (χ3v) is 13.8. The summed E-state index contributed by atoms with van der Waals surface area (Å²) in [5.41, 5.74) is 0. The van der Waals surface area contributed by atoms with Crippen LogP contribution in [0.15, 0.2) is 0 Å². The number of fused-ring (bicyclic) bond motifs is 12. The Bertz CT molecular complexity index is 617. The van der Waals surface area contributed by atoms with E-state index in [2.05, 4.69) is 25.8 Å². The second-order valence-corrected chi connectivity index (χ2v) is 16.9. The highest BCUT2D eigenvalue weighted by Crippen LogP contribution is 2.40. The molecule has 5 heteroatoms. The van der Waals surface area contributed by atoms with E-state index < -0.39 is 0 Å². The van der Waals surface area contributed by atoms with Crippen molar-refractivity contribution in [2.24, 2.45) is 35.5 Å². The molecule has 0 aromatic rings. The molecule has 12 bridgehead atoms. The fourth-order valence-electron chi connectivity index (χ4n) is 10.5. The Balaban J connectivity index is 0.0000000825. The maximum Gasteiger partial charge on any atom is 0.00850 e. The monoisotopic (exact) mass is 582 g/mol. The third kappa shape index (κ3) is 8.53. The molecular weight excluding hydrogens is 514 g/mol. The van der Waals surface area contributed by atoms with Crippen molar-refractivity contribution in [3.63, 3.8) is 0 Å². The first kappa shape index (κ1) is 30.5. The van der Waals surface area contributed by atoms with Gasteiger partial charge in [-0.05, 0) is 165 Å². The Morgan fingerprint density at radius 2 is 0.762 bits per heavy atom. The molecule has 6 aliphatic carbocycles. The average molecular weight is 582 g/mol. The first-order chi connectivity index (χ1) is 20.7. The summed E-state index contributed by atoms with van der Waals surface area (Å²) in [6.07, 6.45) is 28.5. The van der Waals surface area contributed by atoms with Gasteiger partial charge >= 0.3 is 0 Å². The number of hydrogen-bond acceptors (Lipinski definition) is 5. The lowest BCUT2D eigenvalue weighted by molar-refractivity contribution is 0.111. The number of nitrogens with one attached hydrogen (secondary N) is 3. The zero-order chi connectivity index (χ0) is 28.1. The van der Waals surface area contributed by atoms with E-state index in [0.717, 1.165) is 59.7 Å². The summed E-state index contributed by atoms with van der Waals surface area (Å²) < 4.78 is 0. The summed E-state index contributed by atoms with van der Waals surface area (Å²) in [7, 11) is 0. The minimum absolute atomic E-state index is 0.921. The standard InChI is InChI=1S/C8H14.C7H13N.2C6H11N.2C5H9N/c1-2-8-5-3-7(1)4-6-8;1-4-8-5-2-7(1)3-6-8;1-3-7-4-2-6(1)5-7;1-2-6-3-5(1)4-7-6;1-4-2-5(1)6-3-4;1-2-5-3-4(1)6-5/h7-8H,1-6H2;7H,1-6H2;6H,1-5H2;5-7H,1-4H2;2*4-6H,1-3H2. The van der Waals surface area contributed by atoms with Crippen LogP contribution in [0.25, 0.3) is 0 Å². The molecule has 10 aliphatic heterocycles. The van der Waals surface area contributed by atoms with E-state index in [4.69, 9.17) is 0 Å². The van der Waals surface area contributed by atoms with Gasteiger partial charge in [-0.2, -0.15) is 0 Å². The molecule has 4 unspecified atom stereocenters. The largest absolute Gasteiger partial charge is 0.314 e. The maximum atomic E-state index is 3.46. The van der Waals surface area contributed by atoms with E-state index in [1.807, 2.05) is 0 Å². The van der Waals surface area contributed by atoms with Crippen molar-refractivity contribution in [3.05, 3.63) is 0 Å². The van der Waals surface area contributed by atoms with E-state index in [1.165, 1.54) is 136 Å². The minimum atomic E-state index is 0.921. The summed E-state index contributed by atoms with van der Waals surface area (Å²) >= 11 is 0. The molecule has 4 atom stereocenters. The second kappa shape index (κ2) is 14.9. The van der Waals surface area contributed by atoms with Gasteiger partial charge in [-0.3, -0.25) is 0 Å². The van der Waals surface area contributed by atoms with Gasteiger partial charge < -0.3 is 25.8 Å². The smallest absolute Gasteiger partial charge is 0.00850 e. The van der Waals surface area contributed by atoms with Crippen molar-refractivity contribution in [1.29, 1.82) is 0 Å². The Morgan fingerprint density at radius 3 is 0.905 bits per heavy atom. The van der Waals surface area contributed by atoms with Crippen molar-refractivity contribution in [2.45, 2.75) is 146 Å². The predicted molar refractivity (Wildman–Crippen MR) is 176 cm³/mol.